The van der Waals surface area contributed by atoms with Gasteiger partial charge < -0.3 is 27.6 Å². The number of nitrogens with one attached hydrogen (secondary N) is 1. The van der Waals surface area contributed by atoms with Gasteiger partial charge in [-0.25, -0.2) is 0 Å². The van der Waals surface area contributed by atoms with Gasteiger partial charge in [-0.05, 0) is 54.1 Å². The molecule has 2 N–H and O–H groups in total. The minimum Gasteiger partial charge on any atom is -1.00 e. The second kappa shape index (κ2) is 8.97. The van der Waals surface area contributed by atoms with Gasteiger partial charge in [0.25, 0.3) is 0 Å². The number of halogens is 2. The highest BCUT2D eigenvalue weighted by Crippen LogP contribution is 2.21. The van der Waals surface area contributed by atoms with Gasteiger partial charge in [0.2, 0.25) is 0 Å². The molecule has 0 aliphatic heterocycles. The molecule has 0 aliphatic rings. The van der Waals surface area contributed by atoms with E-state index in [1.807, 2.05) is 12.1 Å². The van der Waals surface area contributed by atoms with Crippen molar-refractivity contribution in [3.05, 3.63) is 27.3 Å². The molecule has 0 radical (unpaired) electrons. The second-order valence-electron chi connectivity index (χ2n) is 3.84. The number of hydrogen-bond acceptors (Lipinski definition) is 3. The molecule has 1 aromatic carbocycles. The molecule has 0 saturated heterocycles. The predicted octanol–water partition coefficient (Wildman–Crippen LogP) is -1.05. The third-order valence-corrected chi connectivity index (χ3v) is 2.91. The fraction of sp³-hybridized carbons (Fsp3) is 0.500. The zero-order chi connectivity index (χ0) is 12.0. The molecule has 1 unspecified atom stereocenters. The van der Waals surface area contributed by atoms with Crippen LogP contribution >= 0.6 is 22.6 Å². The quantitative estimate of drug-likeness (QED) is 0.496. The fourth-order valence-corrected chi connectivity index (χ4v) is 2.09. The summed E-state index contributed by atoms with van der Waals surface area (Å²) in [6.07, 6.45) is -0.306. The summed E-state index contributed by atoms with van der Waals surface area (Å²) >= 11 is 2.27. The maximum absolute atomic E-state index is 9.04. The van der Waals surface area contributed by atoms with E-state index in [0.717, 1.165) is 15.9 Å². The van der Waals surface area contributed by atoms with Crippen molar-refractivity contribution in [3.63, 3.8) is 0 Å². The van der Waals surface area contributed by atoms with E-state index in [4.69, 9.17) is 9.84 Å². The van der Waals surface area contributed by atoms with Crippen LogP contribution in [0.15, 0.2) is 18.2 Å². The van der Waals surface area contributed by atoms with E-state index in [9.17, 15) is 0 Å². The zero-order valence-corrected chi connectivity index (χ0v) is 13.0. The van der Waals surface area contributed by atoms with E-state index < -0.39 is 0 Å². The Morgan fingerprint density at radius 1 is 1.47 bits per heavy atom. The zero-order valence-electron chi connectivity index (χ0n) is 10.0. The summed E-state index contributed by atoms with van der Waals surface area (Å²) in [7, 11) is 0. The average molecular weight is 371 g/mol. The van der Waals surface area contributed by atoms with Crippen molar-refractivity contribution >= 4 is 22.6 Å². The molecule has 1 rings (SSSR count). The second-order valence-corrected chi connectivity index (χ2v) is 5.00. The van der Waals surface area contributed by atoms with E-state index in [0.29, 0.717) is 13.2 Å². The number of rotatable bonds is 6. The summed E-state index contributed by atoms with van der Waals surface area (Å²) in [5, 5.41) is 12.1. The molecular weight excluding hydrogens is 352 g/mol. The average Bonchev–Trinajstić information content (AvgIpc) is 2.20. The Bertz CT molecular complexity index is 334. The molecular formula is C12H18ClINO2-. The van der Waals surface area contributed by atoms with Crippen LogP contribution in [0.4, 0.5) is 0 Å². The molecule has 0 saturated carbocycles. The first-order chi connectivity index (χ1) is 7.59. The third-order valence-electron chi connectivity index (χ3n) is 2.06. The maximum Gasteiger partial charge on any atom is 0.132 e. The Kier molecular flexibility index (Phi) is 8.94. The first-order valence-electron chi connectivity index (χ1n) is 5.37. The number of benzene rings is 1. The highest BCUT2D eigenvalue weighted by atomic mass is 127. The highest BCUT2D eigenvalue weighted by Gasteiger charge is 2.00. The Balaban J connectivity index is 0.00000256. The molecule has 0 aromatic heterocycles. The van der Waals surface area contributed by atoms with Crippen LogP contribution in [0.1, 0.15) is 12.5 Å². The van der Waals surface area contributed by atoms with Crippen LogP contribution in [0.3, 0.4) is 0 Å². The molecule has 0 heterocycles. The van der Waals surface area contributed by atoms with Crippen molar-refractivity contribution in [2.45, 2.75) is 20.0 Å². The van der Waals surface area contributed by atoms with Gasteiger partial charge in [0.1, 0.15) is 12.4 Å². The number of hydrogen-bond donors (Lipinski definition) is 2. The van der Waals surface area contributed by atoms with Crippen molar-refractivity contribution in [3.8, 4) is 5.75 Å². The van der Waals surface area contributed by atoms with Gasteiger partial charge in [-0.3, -0.25) is 0 Å². The summed E-state index contributed by atoms with van der Waals surface area (Å²) in [4.78, 5) is 0. The molecule has 0 spiro atoms. The predicted molar refractivity (Wildman–Crippen MR) is 73.9 cm³/mol. The summed E-state index contributed by atoms with van der Waals surface area (Å²) in [5.74, 6) is 0.921. The number of ether oxygens (including phenoxy) is 1. The molecule has 0 fully saturated rings. The van der Waals surface area contributed by atoms with Gasteiger partial charge in [0.05, 0.1) is 9.67 Å². The van der Waals surface area contributed by atoms with Crippen molar-refractivity contribution in [2.75, 3.05) is 19.7 Å². The molecule has 98 valence electrons. The summed E-state index contributed by atoms with van der Waals surface area (Å²) in [5.41, 5.74) is 1.24. The van der Waals surface area contributed by atoms with Gasteiger partial charge >= 0.3 is 0 Å². The normalized spacial score (nSPS) is 11.8. The first kappa shape index (κ1) is 17.0. The van der Waals surface area contributed by atoms with Crippen LogP contribution in [0.25, 0.3) is 0 Å². The van der Waals surface area contributed by atoms with Crippen molar-refractivity contribution in [2.24, 2.45) is 0 Å². The lowest BCUT2D eigenvalue weighted by Gasteiger charge is -2.10. The maximum atomic E-state index is 9.04. The molecule has 1 atom stereocenters. The van der Waals surface area contributed by atoms with Crippen LogP contribution in [0.5, 0.6) is 5.75 Å². The number of aryl methyl sites for hydroxylation is 1. The van der Waals surface area contributed by atoms with Gasteiger partial charge in [-0.2, -0.15) is 0 Å². The SMILES string of the molecule is Cc1ccc(OCCNCC(C)O)c(I)c1.[Cl-]. The third kappa shape index (κ3) is 7.08. The summed E-state index contributed by atoms with van der Waals surface area (Å²) < 4.78 is 6.75. The summed E-state index contributed by atoms with van der Waals surface area (Å²) in [6.45, 7) is 5.79. The highest BCUT2D eigenvalue weighted by molar-refractivity contribution is 14.1. The lowest BCUT2D eigenvalue weighted by atomic mass is 10.2. The Morgan fingerprint density at radius 3 is 2.76 bits per heavy atom. The molecule has 0 aliphatic carbocycles. The van der Waals surface area contributed by atoms with Gasteiger partial charge in [-0.1, -0.05) is 6.07 Å². The lowest BCUT2D eigenvalue weighted by Crippen LogP contribution is -3.00. The van der Waals surface area contributed by atoms with Crippen LogP contribution in [0.2, 0.25) is 0 Å². The van der Waals surface area contributed by atoms with Crippen molar-refractivity contribution < 1.29 is 22.3 Å². The van der Waals surface area contributed by atoms with Crippen LogP contribution in [-0.2, 0) is 0 Å². The molecule has 5 heteroatoms. The molecule has 0 amide bonds. The molecule has 17 heavy (non-hydrogen) atoms. The molecule has 0 bridgehead atoms. The topological polar surface area (TPSA) is 41.5 Å². The van der Waals surface area contributed by atoms with Crippen LogP contribution < -0.4 is 22.5 Å². The van der Waals surface area contributed by atoms with E-state index in [1.54, 1.807) is 6.92 Å². The number of aliphatic hydroxyl groups excluding tert-OH is 1. The Hall–Kier alpha value is -0.0400. The molecule has 3 nitrogen and oxygen atoms in total. The summed E-state index contributed by atoms with van der Waals surface area (Å²) in [6, 6.07) is 6.13. The minimum atomic E-state index is -0.306. The van der Waals surface area contributed by atoms with Crippen LogP contribution in [-0.4, -0.2) is 30.9 Å². The Labute approximate surface area is 122 Å². The van der Waals surface area contributed by atoms with Crippen LogP contribution in [0, 0.1) is 10.5 Å². The standard InChI is InChI=1S/C12H18INO2.ClH/c1-9-3-4-12(11(13)7-9)16-6-5-14-8-10(2)15;/h3-4,7,10,14-15H,5-6,8H2,1-2H3;1H/p-1. The van der Waals surface area contributed by atoms with E-state index >= 15 is 0 Å². The molecule has 1 aromatic rings. The van der Waals surface area contributed by atoms with E-state index in [1.165, 1.54) is 5.56 Å². The Morgan fingerprint density at radius 2 is 2.18 bits per heavy atom. The minimum absolute atomic E-state index is 0. The fourth-order valence-electron chi connectivity index (χ4n) is 1.27. The number of aliphatic hydroxyl groups is 1. The van der Waals surface area contributed by atoms with E-state index in [2.05, 4.69) is 40.9 Å². The van der Waals surface area contributed by atoms with Crippen molar-refractivity contribution in [1.82, 2.24) is 5.32 Å². The van der Waals surface area contributed by atoms with Gasteiger partial charge in [0.15, 0.2) is 0 Å². The monoisotopic (exact) mass is 370 g/mol. The van der Waals surface area contributed by atoms with Crippen molar-refractivity contribution in [1.29, 1.82) is 0 Å². The van der Waals surface area contributed by atoms with Gasteiger partial charge in [-0.15, -0.1) is 0 Å². The van der Waals surface area contributed by atoms with E-state index in [-0.39, 0.29) is 18.5 Å². The lowest BCUT2D eigenvalue weighted by molar-refractivity contribution is -0.00000601. The smallest absolute Gasteiger partial charge is 0.132 e. The first-order valence-corrected chi connectivity index (χ1v) is 6.45. The largest absolute Gasteiger partial charge is 1.00 e. The van der Waals surface area contributed by atoms with Gasteiger partial charge in [0, 0.05) is 13.1 Å².